The molecule has 0 bridgehead atoms. The minimum absolute atomic E-state index is 0. The Morgan fingerprint density at radius 1 is 1.71 bits per heavy atom. The topological polar surface area (TPSA) is 53.0 Å². The number of hydrogen-bond donors (Lipinski definition) is 0. The van der Waals surface area contributed by atoms with E-state index in [1.54, 1.807) is 6.26 Å². The standard InChI is InChI=1S/C7H5ClFNO2S.K/c1-13-6-5(9)4(8)3(2-10-6)7(11)12;/h2H,1H3,(H,11,12);/q;+1/p-1. The van der Waals surface area contributed by atoms with Crippen molar-refractivity contribution in [2.45, 2.75) is 5.03 Å². The fourth-order valence-corrected chi connectivity index (χ4v) is 1.44. The number of aromatic nitrogens is 1. The minimum Gasteiger partial charge on any atom is -0.545 e. The van der Waals surface area contributed by atoms with Gasteiger partial charge in [-0.3, -0.25) is 0 Å². The van der Waals surface area contributed by atoms with Crippen LogP contribution in [0.4, 0.5) is 4.39 Å². The van der Waals surface area contributed by atoms with Crippen LogP contribution in [0.1, 0.15) is 10.4 Å². The van der Waals surface area contributed by atoms with Crippen LogP contribution in [0.25, 0.3) is 0 Å². The minimum atomic E-state index is -1.54. The molecule has 0 unspecified atom stereocenters. The average molecular weight is 260 g/mol. The molecule has 7 heteroatoms. The molecule has 0 aliphatic rings. The van der Waals surface area contributed by atoms with Crippen LogP contribution < -0.4 is 56.5 Å². The maximum absolute atomic E-state index is 13.1. The zero-order chi connectivity index (χ0) is 10.0. The third-order valence-corrected chi connectivity index (χ3v) is 2.38. The summed E-state index contributed by atoms with van der Waals surface area (Å²) in [5.41, 5.74) is -0.433. The molecule has 0 N–H and O–H groups in total. The van der Waals surface area contributed by atoms with Gasteiger partial charge in [0.15, 0.2) is 5.82 Å². The molecule has 70 valence electrons. The summed E-state index contributed by atoms with van der Waals surface area (Å²) in [5, 5.41) is 9.97. The Hall–Kier alpha value is 0.826. The Morgan fingerprint density at radius 2 is 2.29 bits per heavy atom. The predicted molar refractivity (Wildman–Crippen MR) is 45.3 cm³/mol. The Bertz CT molecular complexity index is 364. The van der Waals surface area contributed by atoms with E-state index in [9.17, 15) is 14.3 Å². The normalized spacial score (nSPS) is 9.36. The second-order valence-electron chi connectivity index (χ2n) is 2.10. The van der Waals surface area contributed by atoms with Gasteiger partial charge in [0, 0.05) is 11.8 Å². The molecule has 0 spiro atoms. The Balaban J connectivity index is 0.00000169. The summed E-state index contributed by atoms with van der Waals surface area (Å²) in [7, 11) is 0. The van der Waals surface area contributed by atoms with Gasteiger partial charge >= 0.3 is 51.4 Å². The van der Waals surface area contributed by atoms with Crippen molar-refractivity contribution in [1.82, 2.24) is 4.98 Å². The summed E-state index contributed by atoms with van der Waals surface area (Å²) < 4.78 is 13.1. The maximum Gasteiger partial charge on any atom is 1.00 e. The van der Waals surface area contributed by atoms with Crippen LogP contribution in [0, 0.1) is 5.82 Å². The zero-order valence-electron chi connectivity index (χ0n) is 7.51. The summed E-state index contributed by atoms with van der Waals surface area (Å²) in [4.78, 5) is 13.9. The van der Waals surface area contributed by atoms with Crippen molar-refractivity contribution >= 4 is 29.3 Å². The predicted octanol–water partition coefficient (Wildman–Crippen LogP) is -2.04. The molecular weight excluding hydrogens is 256 g/mol. The average Bonchev–Trinajstić information content (AvgIpc) is 2.09. The van der Waals surface area contributed by atoms with Crippen LogP contribution in [-0.2, 0) is 0 Å². The number of thioether (sulfide) groups is 1. The second kappa shape index (κ2) is 6.42. The van der Waals surface area contributed by atoms with E-state index < -0.39 is 22.4 Å². The van der Waals surface area contributed by atoms with E-state index in [0.717, 1.165) is 18.0 Å². The molecule has 0 saturated heterocycles. The van der Waals surface area contributed by atoms with Crippen LogP contribution in [-0.4, -0.2) is 17.2 Å². The van der Waals surface area contributed by atoms with Crippen molar-refractivity contribution in [1.29, 1.82) is 0 Å². The van der Waals surface area contributed by atoms with Crippen LogP contribution >= 0.6 is 23.4 Å². The number of carbonyl (C=O) groups is 1. The van der Waals surface area contributed by atoms with Gasteiger partial charge in [0.05, 0.1) is 11.0 Å². The van der Waals surface area contributed by atoms with Crippen molar-refractivity contribution in [3.8, 4) is 0 Å². The van der Waals surface area contributed by atoms with Gasteiger partial charge in [-0.25, -0.2) is 9.37 Å². The van der Waals surface area contributed by atoms with Gasteiger partial charge in [-0.05, 0) is 6.26 Å². The van der Waals surface area contributed by atoms with Crippen molar-refractivity contribution in [3.05, 3.63) is 22.6 Å². The third-order valence-electron chi connectivity index (χ3n) is 1.34. The second-order valence-corrected chi connectivity index (χ2v) is 3.27. The van der Waals surface area contributed by atoms with Crippen LogP contribution in [0.3, 0.4) is 0 Å². The number of pyridine rings is 1. The van der Waals surface area contributed by atoms with Gasteiger partial charge in [-0.15, -0.1) is 11.8 Å². The molecule has 0 aliphatic heterocycles. The summed E-state index contributed by atoms with van der Waals surface area (Å²) in [5.74, 6) is -2.36. The largest absolute Gasteiger partial charge is 1.00 e. The van der Waals surface area contributed by atoms with Gasteiger partial charge in [-0.2, -0.15) is 0 Å². The first kappa shape index (κ1) is 14.8. The quantitative estimate of drug-likeness (QED) is 0.454. The molecule has 14 heavy (non-hydrogen) atoms. The molecule has 0 saturated carbocycles. The number of aromatic carboxylic acids is 1. The zero-order valence-corrected chi connectivity index (χ0v) is 12.2. The summed E-state index contributed by atoms with van der Waals surface area (Å²) in [6, 6.07) is 0. The van der Waals surface area contributed by atoms with Crippen molar-refractivity contribution in [2.24, 2.45) is 0 Å². The first-order valence-electron chi connectivity index (χ1n) is 3.17. The van der Waals surface area contributed by atoms with E-state index in [4.69, 9.17) is 11.6 Å². The van der Waals surface area contributed by atoms with E-state index in [1.165, 1.54) is 0 Å². The molecule has 0 aliphatic carbocycles. The van der Waals surface area contributed by atoms with Gasteiger partial charge in [-0.1, -0.05) is 11.6 Å². The fourth-order valence-electron chi connectivity index (χ4n) is 0.733. The molecule has 3 nitrogen and oxygen atoms in total. The van der Waals surface area contributed by atoms with Crippen LogP contribution in [0.2, 0.25) is 5.02 Å². The van der Waals surface area contributed by atoms with Crippen LogP contribution in [0.5, 0.6) is 0 Å². The van der Waals surface area contributed by atoms with Crippen molar-refractivity contribution in [2.75, 3.05) is 6.26 Å². The maximum atomic E-state index is 13.1. The van der Waals surface area contributed by atoms with Gasteiger partial charge in [0.25, 0.3) is 0 Å². The van der Waals surface area contributed by atoms with Gasteiger partial charge < -0.3 is 9.90 Å². The van der Waals surface area contributed by atoms with E-state index in [2.05, 4.69) is 4.98 Å². The molecule has 0 atom stereocenters. The number of hydrogen-bond acceptors (Lipinski definition) is 4. The Morgan fingerprint density at radius 3 is 2.71 bits per heavy atom. The molecule has 1 aromatic rings. The molecule has 0 fully saturated rings. The number of carboxylic acid groups (broad SMARTS) is 1. The Labute approximate surface area is 132 Å². The SMILES string of the molecule is CSc1ncc(C(=O)[O-])c(Cl)c1F.[K+]. The van der Waals surface area contributed by atoms with Gasteiger partial charge in [0.1, 0.15) is 5.03 Å². The Kier molecular flexibility index (Phi) is 6.80. The monoisotopic (exact) mass is 259 g/mol. The van der Waals surface area contributed by atoms with Crippen molar-refractivity contribution < 1.29 is 65.7 Å². The van der Waals surface area contributed by atoms with Crippen LogP contribution in [0.15, 0.2) is 11.2 Å². The summed E-state index contributed by atoms with van der Waals surface area (Å²) in [6.07, 6.45) is 2.59. The number of carboxylic acids is 1. The molecule has 1 heterocycles. The number of carbonyl (C=O) groups excluding carboxylic acids is 1. The molecule has 0 aromatic carbocycles. The molecule has 0 radical (unpaired) electrons. The summed E-state index contributed by atoms with van der Waals surface area (Å²) >= 11 is 6.47. The number of halogens is 2. The molecule has 0 amide bonds. The fraction of sp³-hybridized carbons (Fsp3) is 0.143. The molecule has 1 aromatic heterocycles. The van der Waals surface area contributed by atoms with Gasteiger partial charge in [0.2, 0.25) is 0 Å². The van der Waals surface area contributed by atoms with E-state index in [-0.39, 0.29) is 56.4 Å². The third kappa shape index (κ3) is 3.16. The molecule has 1 rings (SSSR count). The number of rotatable bonds is 2. The van der Waals surface area contributed by atoms with E-state index in [1.807, 2.05) is 0 Å². The number of nitrogens with zero attached hydrogens (tertiary/aromatic N) is 1. The van der Waals surface area contributed by atoms with E-state index >= 15 is 0 Å². The van der Waals surface area contributed by atoms with E-state index in [0.29, 0.717) is 0 Å². The smallest absolute Gasteiger partial charge is 0.545 e. The first-order valence-corrected chi connectivity index (χ1v) is 4.77. The summed E-state index contributed by atoms with van der Waals surface area (Å²) in [6.45, 7) is 0. The first-order chi connectivity index (χ1) is 6.07. The van der Waals surface area contributed by atoms with Crippen molar-refractivity contribution in [3.63, 3.8) is 0 Å². The molecular formula is C7H4ClFKNO2S.